The third-order valence-corrected chi connectivity index (χ3v) is 3.51. The van der Waals surface area contributed by atoms with E-state index in [1.165, 1.54) is 0 Å². The van der Waals surface area contributed by atoms with E-state index < -0.39 is 0 Å². The molecule has 114 valence electrons. The van der Waals surface area contributed by atoms with Gasteiger partial charge in [0.25, 0.3) is 0 Å². The summed E-state index contributed by atoms with van der Waals surface area (Å²) >= 11 is 0. The zero-order valence-electron chi connectivity index (χ0n) is 12.6. The fraction of sp³-hybridized carbons (Fsp3) is 0.368. The van der Waals surface area contributed by atoms with E-state index in [1.54, 1.807) is 12.1 Å². The number of rotatable bonds is 2. The molecule has 0 spiro atoms. The Labute approximate surface area is 128 Å². The van der Waals surface area contributed by atoms with E-state index in [0.29, 0.717) is 12.2 Å². The zero-order valence-corrected chi connectivity index (χ0v) is 12.6. The molecule has 0 heterocycles. The molecule has 2 heteroatoms. The van der Waals surface area contributed by atoms with E-state index >= 15 is 0 Å². The smallest absolute Gasteiger partial charge is 0.122 e. The molecule has 0 saturated heterocycles. The van der Waals surface area contributed by atoms with Gasteiger partial charge in [-0.15, -0.1) is 0 Å². The van der Waals surface area contributed by atoms with Gasteiger partial charge in [0.1, 0.15) is 11.5 Å². The Morgan fingerprint density at radius 3 is 2.14 bits per heavy atom. The Morgan fingerprint density at radius 2 is 1.57 bits per heavy atom. The maximum Gasteiger partial charge on any atom is 0.122 e. The molecular formula is C19H26O2. The third kappa shape index (κ3) is 3.78. The van der Waals surface area contributed by atoms with Crippen molar-refractivity contribution in [1.29, 1.82) is 0 Å². The van der Waals surface area contributed by atoms with Crippen molar-refractivity contribution in [3.05, 3.63) is 58.7 Å². The molecule has 21 heavy (non-hydrogen) atoms. The van der Waals surface area contributed by atoms with Gasteiger partial charge in [0.05, 0.1) is 0 Å². The fourth-order valence-corrected chi connectivity index (χ4v) is 2.43. The van der Waals surface area contributed by atoms with E-state index in [2.05, 4.69) is 20.8 Å². The Balaban J connectivity index is 0.00000220. The summed E-state index contributed by atoms with van der Waals surface area (Å²) in [5, 5.41) is 20.4. The van der Waals surface area contributed by atoms with Crippen molar-refractivity contribution in [2.75, 3.05) is 0 Å². The summed E-state index contributed by atoms with van der Waals surface area (Å²) in [6.07, 6.45) is 0.531. The van der Waals surface area contributed by atoms with Gasteiger partial charge in [-0.2, -0.15) is 0 Å². The molecule has 0 unspecified atom stereocenters. The Bertz CT molecular complexity index is 622. The summed E-state index contributed by atoms with van der Waals surface area (Å²) in [6.45, 7) is 8.30. The van der Waals surface area contributed by atoms with Crippen LogP contribution in [0.25, 0.3) is 0 Å². The van der Waals surface area contributed by atoms with Gasteiger partial charge in [-0.25, -0.2) is 0 Å². The van der Waals surface area contributed by atoms with E-state index in [1.807, 2.05) is 31.2 Å². The topological polar surface area (TPSA) is 40.5 Å². The van der Waals surface area contributed by atoms with Gasteiger partial charge in [-0.05, 0) is 35.1 Å². The average molecular weight is 286 g/mol. The number of hydrogen-bond donors (Lipinski definition) is 2. The summed E-state index contributed by atoms with van der Waals surface area (Å²) in [5.74, 6) is 0.608. The molecule has 0 fully saturated rings. The highest BCUT2D eigenvalue weighted by molar-refractivity contribution is 5.49. The quantitative estimate of drug-likeness (QED) is 0.821. The van der Waals surface area contributed by atoms with Crippen molar-refractivity contribution >= 4 is 0 Å². The van der Waals surface area contributed by atoms with Crippen LogP contribution >= 0.6 is 0 Å². The molecule has 2 rings (SSSR count). The van der Waals surface area contributed by atoms with Crippen LogP contribution in [0.2, 0.25) is 0 Å². The highest BCUT2D eigenvalue weighted by Crippen LogP contribution is 2.36. The van der Waals surface area contributed by atoms with Gasteiger partial charge in [0.15, 0.2) is 0 Å². The number of phenolic OH excluding ortho intramolecular Hbond substituents is 2. The van der Waals surface area contributed by atoms with Gasteiger partial charge in [-0.1, -0.05) is 64.1 Å². The molecule has 2 nitrogen and oxygen atoms in total. The first-order valence-electron chi connectivity index (χ1n) is 6.89. The molecule has 0 atom stereocenters. The van der Waals surface area contributed by atoms with Gasteiger partial charge < -0.3 is 10.2 Å². The van der Waals surface area contributed by atoms with Gasteiger partial charge in [0.2, 0.25) is 0 Å². The Morgan fingerprint density at radius 1 is 0.952 bits per heavy atom. The van der Waals surface area contributed by atoms with Crippen LogP contribution < -0.4 is 0 Å². The lowest BCUT2D eigenvalue weighted by atomic mass is 9.83. The highest BCUT2D eigenvalue weighted by atomic mass is 16.3. The second-order valence-corrected chi connectivity index (χ2v) is 6.38. The molecule has 0 aliphatic heterocycles. The normalized spacial score (nSPS) is 11.0. The molecule has 2 aromatic carbocycles. The van der Waals surface area contributed by atoms with Crippen molar-refractivity contribution in [3.63, 3.8) is 0 Å². The maximum atomic E-state index is 10.5. The van der Waals surface area contributed by atoms with Gasteiger partial charge >= 0.3 is 0 Å². The summed E-state index contributed by atoms with van der Waals surface area (Å²) in [7, 11) is 0. The Hall–Kier alpha value is -1.96. The summed E-state index contributed by atoms with van der Waals surface area (Å²) < 4.78 is 0. The minimum absolute atomic E-state index is 0. The first-order valence-corrected chi connectivity index (χ1v) is 6.89. The molecule has 0 aliphatic carbocycles. The van der Waals surface area contributed by atoms with E-state index in [4.69, 9.17) is 0 Å². The number of phenols is 2. The lowest BCUT2D eigenvalue weighted by molar-refractivity contribution is 0.440. The average Bonchev–Trinajstić information content (AvgIpc) is 2.34. The Kier molecular flexibility index (Phi) is 5.06. The van der Waals surface area contributed by atoms with E-state index in [0.717, 1.165) is 22.3 Å². The molecule has 0 bridgehead atoms. The number of para-hydroxylation sites is 1. The third-order valence-electron chi connectivity index (χ3n) is 3.51. The summed E-state index contributed by atoms with van der Waals surface area (Å²) in [4.78, 5) is 0. The van der Waals surface area contributed by atoms with Crippen molar-refractivity contribution in [2.24, 2.45) is 0 Å². The predicted molar refractivity (Wildman–Crippen MR) is 89.2 cm³/mol. The van der Waals surface area contributed by atoms with Gasteiger partial charge in [0, 0.05) is 6.42 Å². The van der Waals surface area contributed by atoms with Crippen LogP contribution in [0, 0.1) is 6.92 Å². The van der Waals surface area contributed by atoms with E-state index in [9.17, 15) is 10.2 Å². The molecule has 2 aromatic rings. The fourth-order valence-electron chi connectivity index (χ4n) is 2.43. The van der Waals surface area contributed by atoms with Crippen LogP contribution in [-0.4, -0.2) is 10.2 Å². The monoisotopic (exact) mass is 286 g/mol. The van der Waals surface area contributed by atoms with Crippen molar-refractivity contribution in [1.82, 2.24) is 0 Å². The second kappa shape index (κ2) is 6.21. The van der Waals surface area contributed by atoms with E-state index in [-0.39, 0.29) is 18.6 Å². The second-order valence-electron chi connectivity index (χ2n) is 6.38. The largest absolute Gasteiger partial charge is 0.508 e. The van der Waals surface area contributed by atoms with Crippen LogP contribution in [0.3, 0.4) is 0 Å². The molecule has 0 radical (unpaired) electrons. The SMILES string of the molecule is C.Cc1cc(Cc2ccccc2O)c(O)c(C(C)(C)C)c1. The summed E-state index contributed by atoms with van der Waals surface area (Å²) in [6, 6.07) is 11.3. The highest BCUT2D eigenvalue weighted by Gasteiger charge is 2.21. The van der Waals surface area contributed by atoms with Crippen molar-refractivity contribution in [2.45, 2.75) is 47.0 Å². The molecule has 0 aliphatic rings. The zero-order chi connectivity index (χ0) is 14.9. The molecule has 0 saturated carbocycles. The predicted octanol–water partition coefficient (Wildman–Crippen LogP) is 4.93. The first-order chi connectivity index (χ1) is 9.29. The van der Waals surface area contributed by atoms with Crippen molar-refractivity contribution in [3.8, 4) is 11.5 Å². The van der Waals surface area contributed by atoms with Crippen LogP contribution in [0.15, 0.2) is 36.4 Å². The number of hydrogen-bond acceptors (Lipinski definition) is 2. The minimum atomic E-state index is -0.108. The lowest BCUT2D eigenvalue weighted by Crippen LogP contribution is -2.12. The molecule has 0 aromatic heterocycles. The van der Waals surface area contributed by atoms with Gasteiger partial charge in [-0.3, -0.25) is 0 Å². The number of benzene rings is 2. The lowest BCUT2D eigenvalue weighted by Gasteiger charge is -2.23. The first kappa shape index (κ1) is 17.1. The summed E-state index contributed by atoms with van der Waals surface area (Å²) in [5.41, 5.74) is 3.65. The minimum Gasteiger partial charge on any atom is -0.508 e. The van der Waals surface area contributed by atoms with Crippen molar-refractivity contribution < 1.29 is 10.2 Å². The number of aromatic hydroxyl groups is 2. The number of aryl methyl sites for hydroxylation is 1. The van der Waals surface area contributed by atoms with Crippen LogP contribution in [-0.2, 0) is 11.8 Å². The maximum absolute atomic E-state index is 10.5. The molecule has 0 amide bonds. The van der Waals surface area contributed by atoms with Crippen LogP contribution in [0.5, 0.6) is 11.5 Å². The van der Waals surface area contributed by atoms with Crippen LogP contribution in [0.1, 0.15) is 50.5 Å². The standard InChI is InChI=1S/C18H22O2.CH4/c1-12-9-14(11-13-7-5-6-8-16(13)19)17(20)15(10-12)18(2,3)4;/h5-10,19-20H,11H2,1-4H3;1H4. The molecular weight excluding hydrogens is 260 g/mol. The molecule has 2 N–H and O–H groups in total. The van der Waals surface area contributed by atoms with Crippen LogP contribution in [0.4, 0.5) is 0 Å².